The van der Waals surface area contributed by atoms with Crippen molar-refractivity contribution >= 4 is 5.91 Å². The monoisotopic (exact) mass is 283 g/mol. The Labute approximate surface area is 117 Å². The number of ether oxygens (including phenoxy) is 1. The van der Waals surface area contributed by atoms with Gasteiger partial charge in [-0.05, 0) is 31.3 Å². The Kier molecular flexibility index (Phi) is 4.72. The predicted molar refractivity (Wildman–Crippen MR) is 70.2 cm³/mol. The topological polar surface area (TPSA) is 88.7 Å². The minimum absolute atomic E-state index is 0.0518. The van der Waals surface area contributed by atoms with Gasteiger partial charge in [-0.25, -0.2) is 4.63 Å². The lowest BCUT2D eigenvalue weighted by atomic mass is 9.78. The average Bonchev–Trinajstić information content (AvgIpc) is 2.90. The number of methoxy groups -OCH3 is 1. The SMILES string of the molecule is COCC[C@]1(CO)CCCN(C(=O)c2nonc2C)C1. The minimum atomic E-state index is -0.283. The molecule has 2 rings (SSSR count). The van der Waals surface area contributed by atoms with Crippen molar-refractivity contribution in [3.05, 3.63) is 11.4 Å². The first kappa shape index (κ1) is 14.9. The van der Waals surface area contributed by atoms with E-state index in [1.165, 1.54) is 0 Å². The number of amides is 1. The Morgan fingerprint density at radius 2 is 2.35 bits per heavy atom. The molecule has 1 saturated heterocycles. The van der Waals surface area contributed by atoms with Gasteiger partial charge >= 0.3 is 0 Å². The minimum Gasteiger partial charge on any atom is -0.396 e. The lowest BCUT2D eigenvalue weighted by Crippen LogP contribution is -2.48. The van der Waals surface area contributed by atoms with E-state index in [1.807, 2.05) is 0 Å². The van der Waals surface area contributed by atoms with Gasteiger partial charge in [0.25, 0.3) is 5.91 Å². The molecule has 0 radical (unpaired) electrons. The molecule has 0 aliphatic carbocycles. The van der Waals surface area contributed by atoms with Gasteiger partial charge in [0.2, 0.25) is 0 Å². The maximum atomic E-state index is 12.4. The number of rotatable bonds is 5. The molecule has 1 amide bonds. The number of hydrogen-bond acceptors (Lipinski definition) is 6. The van der Waals surface area contributed by atoms with Crippen LogP contribution in [0.3, 0.4) is 0 Å². The van der Waals surface area contributed by atoms with Crippen LogP contribution in [-0.4, -0.2) is 59.6 Å². The lowest BCUT2D eigenvalue weighted by molar-refractivity contribution is 0.00854. The third-order valence-electron chi connectivity index (χ3n) is 3.98. The first-order valence-electron chi connectivity index (χ1n) is 6.80. The molecule has 1 atom stereocenters. The molecule has 1 N–H and O–H groups in total. The molecule has 112 valence electrons. The summed E-state index contributed by atoms with van der Waals surface area (Å²) in [6.07, 6.45) is 2.49. The number of aliphatic hydroxyl groups is 1. The van der Waals surface area contributed by atoms with Crippen molar-refractivity contribution in [2.24, 2.45) is 5.41 Å². The van der Waals surface area contributed by atoms with Gasteiger partial charge in [-0.15, -0.1) is 0 Å². The summed E-state index contributed by atoms with van der Waals surface area (Å²) in [5.74, 6) is -0.182. The maximum absolute atomic E-state index is 12.4. The number of aromatic nitrogens is 2. The standard InChI is InChI=1S/C13H21N3O4/c1-10-11(15-20-14-10)12(18)16-6-3-4-13(8-16,9-17)5-7-19-2/h17H,3-9H2,1-2H3/t13-/m1/s1. The summed E-state index contributed by atoms with van der Waals surface area (Å²) in [7, 11) is 1.64. The number of likely N-dealkylation sites (tertiary alicyclic amines) is 1. The van der Waals surface area contributed by atoms with E-state index in [0.29, 0.717) is 25.4 Å². The van der Waals surface area contributed by atoms with Crippen LogP contribution >= 0.6 is 0 Å². The van der Waals surface area contributed by atoms with E-state index in [4.69, 9.17) is 4.74 Å². The Balaban J connectivity index is 2.09. The summed E-state index contributed by atoms with van der Waals surface area (Å²) < 4.78 is 9.69. The van der Waals surface area contributed by atoms with E-state index in [2.05, 4.69) is 14.9 Å². The largest absolute Gasteiger partial charge is 0.396 e. The number of hydrogen-bond donors (Lipinski definition) is 1. The summed E-state index contributed by atoms with van der Waals surface area (Å²) in [6, 6.07) is 0. The number of aryl methyl sites for hydroxylation is 1. The van der Waals surface area contributed by atoms with Crippen LogP contribution in [0.25, 0.3) is 0 Å². The summed E-state index contributed by atoms with van der Waals surface area (Å²) >= 11 is 0. The van der Waals surface area contributed by atoms with Crippen LogP contribution in [0.5, 0.6) is 0 Å². The molecule has 7 heteroatoms. The van der Waals surface area contributed by atoms with E-state index in [0.717, 1.165) is 19.3 Å². The average molecular weight is 283 g/mol. The molecule has 0 aromatic carbocycles. The Hall–Kier alpha value is -1.47. The summed E-state index contributed by atoms with van der Waals surface area (Å²) in [4.78, 5) is 14.1. The van der Waals surface area contributed by atoms with Crippen LogP contribution in [0.1, 0.15) is 35.4 Å². The van der Waals surface area contributed by atoms with E-state index in [1.54, 1.807) is 18.9 Å². The van der Waals surface area contributed by atoms with Crippen molar-refractivity contribution < 1.29 is 19.3 Å². The molecule has 2 heterocycles. The molecule has 0 unspecified atom stereocenters. The summed E-state index contributed by atoms with van der Waals surface area (Å²) in [5.41, 5.74) is 0.465. The van der Waals surface area contributed by atoms with E-state index >= 15 is 0 Å². The Bertz CT molecular complexity index is 462. The van der Waals surface area contributed by atoms with Gasteiger partial charge in [-0.3, -0.25) is 4.79 Å². The molecular weight excluding hydrogens is 262 g/mol. The van der Waals surface area contributed by atoms with Crippen molar-refractivity contribution in [1.29, 1.82) is 0 Å². The highest BCUT2D eigenvalue weighted by Gasteiger charge is 2.37. The first-order valence-corrected chi connectivity index (χ1v) is 6.80. The molecule has 0 bridgehead atoms. The van der Waals surface area contributed by atoms with Gasteiger partial charge in [0.15, 0.2) is 5.69 Å². The fourth-order valence-electron chi connectivity index (χ4n) is 2.69. The fraction of sp³-hybridized carbons (Fsp3) is 0.769. The van der Waals surface area contributed by atoms with Crippen molar-refractivity contribution in [2.75, 3.05) is 33.4 Å². The number of piperidine rings is 1. The van der Waals surface area contributed by atoms with Crippen molar-refractivity contribution in [3.63, 3.8) is 0 Å². The van der Waals surface area contributed by atoms with Gasteiger partial charge in [0, 0.05) is 32.2 Å². The van der Waals surface area contributed by atoms with Crippen molar-refractivity contribution in [2.45, 2.75) is 26.2 Å². The quantitative estimate of drug-likeness (QED) is 0.852. The van der Waals surface area contributed by atoms with E-state index < -0.39 is 0 Å². The fourth-order valence-corrected chi connectivity index (χ4v) is 2.69. The Morgan fingerprint density at radius 3 is 2.95 bits per heavy atom. The Morgan fingerprint density at radius 1 is 1.55 bits per heavy atom. The van der Waals surface area contributed by atoms with Crippen molar-refractivity contribution in [3.8, 4) is 0 Å². The number of carbonyl (C=O) groups excluding carboxylic acids is 1. The molecule has 0 spiro atoms. The second kappa shape index (κ2) is 6.32. The molecule has 1 aliphatic heterocycles. The highest BCUT2D eigenvalue weighted by Crippen LogP contribution is 2.33. The molecule has 1 aromatic heterocycles. The molecule has 1 aliphatic rings. The van der Waals surface area contributed by atoms with Crippen LogP contribution < -0.4 is 0 Å². The molecule has 0 saturated carbocycles. The number of carbonyl (C=O) groups is 1. The normalized spacial score (nSPS) is 23.1. The van der Waals surface area contributed by atoms with Crippen LogP contribution in [-0.2, 0) is 4.74 Å². The highest BCUT2D eigenvalue weighted by atomic mass is 16.6. The van der Waals surface area contributed by atoms with E-state index in [9.17, 15) is 9.90 Å². The zero-order chi connectivity index (χ0) is 14.6. The smallest absolute Gasteiger partial charge is 0.278 e. The van der Waals surface area contributed by atoms with Gasteiger partial charge < -0.3 is 14.7 Å². The first-order chi connectivity index (χ1) is 9.62. The summed E-state index contributed by atoms with van der Waals surface area (Å²) in [5, 5.41) is 17.0. The van der Waals surface area contributed by atoms with Gasteiger partial charge in [0.1, 0.15) is 5.69 Å². The highest BCUT2D eigenvalue weighted by molar-refractivity contribution is 5.93. The third kappa shape index (κ3) is 2.99. The predicted octanol–water partition coefficient (Wildman–Crippen LogP) is 0.629. The van der Waals surface area contributed by atoms with Crippen LogP contribution in [0.2, 0.25) is 0 Å². The summed E-state index contributed by atoms with van der Waals surface area (Å²) in [6.45, 7) is 3.50. The molecule has 1 aromatic rings. The second-order valence-electron chi connectivity index (χ2n) is 5.43. The van der Waals surface area contributed by atoms with Crippen LogP contribution in [0.15, 0.2) is 4.63 Å². The zero-order valence-corrected chi connectivity index (χ0v) is 12.0. The lowest BCUT2D eigenvalue weighted by Gasteiger charge is -2.41. The number of aliphatic hydroxyl groups excluding tert-OH is 1. The molecule has 7 nitrogen and oxygen atoms in total. The van der Waals surface area contributed by atoms with Crippen molar-refractivity contribution in [1.82, 2.24) is 15.2 Å². The zero-order valence-electron chi connectivity index (χ0n) is 12.0. The molecule has 20 heavy (non-hydrogen) atoms. The van der Waals surface area contributed by atoms with Gasteiger partial charge in [-0.2, -0.15) is 0 Å². The third-order valence-corrected chi connectivity index (χ3v) is 3.98. The van der Waals surface area contributed by atoms with Crippen LogP contribution in [0.4, 0.5) is 0 Å². The van der Waals surface area contributed by atoms with Gasteiger partial charge in [0.05, 0.1) is 6.61 Å². The van der Waals surface area contributed by atoms with Gasteiger partial charge in [-0.1, -0.05) is 5.16 Å². The molecule has 1 fully saturated rings. The maximum Gasteiger partial charge on any atom is 0.278 e. The number of nitrogens with zero attached hydrogens (tertiary/aromatic N) is 3. The molecular formula is C13H21N3O4. The van der Waals surface area contributed by atoms with E-state index in [-0.39, 0.29) is 23.6 Å². The second-order valence-corrected chi connectivity index (χ2v) is 5.43. The van der Waals surface area contributed by atoms with Crippen LogP contribution in [0, 0.1) is 12.3 Å².